The van der Waals surface area contributed by atoms with E-state index >= 15 is 0 Å². The lowest BCUT2D eigenvalue weighted by Crippen LogP contribution is -2.11. The van der Waals surface area contributed by atoms with Gasteiger partial charge in [0.2, 0.25) is 0 Å². The third kappa shape index (κ3) is 6.97. The molecule has 0 aromatic rings. The lowest BCUT2D eigenvalue weighted by atomic mass is 10.0. The highest BCUT2D eigenvalue weighted by atomic mass is 16.5. The largest absolute Gasteiger partial charge is 0.466 e. The van der Waals surface area contributed by atoms with Gasteiger partial charge in [-0.2, -0.15) is 0 Å². The average molecular weight is 242 g/mol. The molecule has 1 atom stereocenters. The van der Waals surface area contributed by atoms with Gasteiger partial charge in [-0.1, -0.05) is 6.92 Å². The van der Waals surface area contributed by atoms with Gasteiger partial charge in [0.1, 0.15) is 0 Å². The second-order valence-electron chi connectivity index (χ2n) is 4.68. The number of esters is 2. The van der Waals surface area contributed by atoms with Crippen LogP contribution in [0.2, 0.25) is 0 Å². The SMILES string of the molecule is CC1CCCOC(=O)CCCCC(=O)OCC1. The first-order valence-electron chi connectivity index (χ1n) is 6.49. The summed E-state index contributed by atoms with van der Waals surface area (Å²) in [6.45, 7) is 3.16. The smallest absolute Gasteiger partial charge is 0.305 e. The molecule has 17 heavy (non-hydrogen) atoms. The second kappa shape index (κ2) is 8.09. The predicted molar refractivity (Wildman–Crippen MR) is 63.4 cm³/mol. The maximum atomic E-state index is 11.3. The Labute approximate surface area is 103 Å². The van der Waals surface area contributed by atoms with Crippen molar-refractivity contribution in [3.63, 3.8) is 0 Å². The molecule has 0 amide bonds. The molecule has 0 bridgehead atoms. The molecular weight excluding hydrogens is 220 g/mol. The lowest BCUT2D eigenvalue weighted by Gasteiger charge is -2.12. The Morgan fingerprint density at radius 1 is 0.882 bits per heavy atom. The van der Waals surface area contributed by atoms with Crippen molar-refractivity contribution in [2.24, 2.45) is 5.92 Å². The topological polar surface area (TPSA) is 52.6 Å². The monoisotopic (exact) mass is 242 g/mol. The van der Waals surface area contributed by atoms with Gasteiger partial charge >= 0.3 is 11.9 Å². The van der Waals surface area contributed by atoms with Crippen molar-refractivity contribution in [1.29, 1.82) is 0 Å². The fourth-order valence-electron chi connectivity index (χ4n) is 1.82. The molecule has 1 saturated heterocycles. The van der Waals surface area contributed by atoms with E-state index in [0.717, 1.165) is 19.3 Å². The van der Waals surface area contributed by atoms with Gasteiger partial charge in [-0.15, -0.1) is 0 Å². The minimum atomic E-state index is -0.150. The van der Waals surface area contributed by atoms with Crippen molar-refractivity contribution >= 4 is 11.9 Å². The molecule has 0 saturated carbocycles. The fourth-order valence-corrected chi connectivity index (χ4v) is 1.82. The van der Waals surface area contributed by atoms with Gasteiger partial charge in [-0.05, 0) is 38.0 Å². The van der Waals surface area contributed by atoms with Crippen LogP contribution >= 0.6 is 0 Å². The zero-order valence-corrected chi connectivity index (χ0v) is 10.6. The first-order valence-corrected chi connectivity index (χ1v) is 6.49. The van der Waals surface area contributed by atoms with Crippen molar-refractivity contribution in [2.45, 2.75) is 51.9 Å². The quantitative estimate of drug-likeness (QED) is 0.612. The Kier molecular flexibility index (Phi) is 6.67. The van der Waals surface area contributed by atoms with Crippen LogP contribution in [0.4, 0.5) is 0 Å². The number of hydrogen-bond acceptors (Lipinski definition) is 4. The number of rotatable bonds is 0. The summed E-state index contributed by atoms with van der Waals surface area (Å²) in [5.74, 6) is 0.204. The van der Waals surface area contributed by atoms with E-state index in [1.54, 1.807) is 0 Å². The van der Waals surface area contributed by atoms with Crippen LogP contribution in [0, 0.1) is 5.92 Å². The third-order valence-corrected chi connectivity index (χ3v) is 2.99. The molecule has 1 aliphatic heterocycles. The van der Waals surface area contributed by atoms with Gasteiger partial charge in [0.15, 0.2) is 0 Å². The van der Waals surface area contributed by atoms with Crippen LogP contribution in [0.3, 0.4) is 0 Å². The summed E-state index contributed by atoms with van der Waals surface area (Å²) in [6, 6.07) is 0. The van der Waals surface area contributed by atoms with Crippen molar-refractivity contribution in [2.75, 3.05) is 13.2 Å². The molecule has 1 unspecified atom stereocenters. The highest BCUT2D eigenvalue weighted by Gasteiger charge is 2.09. The first kappa shape index (κ1) is 14.0. The van der Waals surface area contributed by atoms with Crippen molar-refractivity contribution in [3.8, 4) is 0 Å². The number of cyclic esters (lactones) is 2. The molecule has 0 aromatic carbocycles. The molecule has 1 heterocycles. The lowest BCUT2D eigenvalue weighted by molar-refractivity contribution is -0.146. The number of carbonyl (C=O) groups excluding carboxylic acids is 2. The van der Waals surface area contributed by atoms with E-state index in [1.165, 1.54) is 0 Å². The van der Waals surface area contributed by atoms with E-state index in [1.807, 2.05) is 0 Å². The Hall–Kier alpha value is -1.06. The molecule has 0 aromatic heterocycles. The molecule has 0 spiro atoms. The summed E-state index contributed by atoms with van der Waals surface area (Å²) in [5.41, 5.74) is 0. The van der Waals surface area contributed by atoms with Gasteiger partial charge in [0, 0.05) is 12.8 Å². The minimum Gasteiger partial charge on any atom is -0.466 e. The summed E-state index contributed by atoms with van der Waals surface area (Å²) in [5, 5.41) is 0. The van der Waals surface area contributed by atoms with E-state index in [-0.39, 0.29) is 11.9 Å². The summed E-state index contributed by atoms with van der Waals surface area (Å²) < 4.78 is 10.2. The van der Waals surface area contributed by atoms with Gasteiger partial charge in [0.05, 0.1) is 13.2 Å². The van der Waals surface area contributed by atoms with E-state index in [9.17, 15) is 9.59 Å². The molecule has 4 heteroatoms. The van der Waals surface area contributed by atoms with Crippen LogP contribution in [-0.2, 0) is 19.1 Å². The molecule has 1 rings (SSSR count). The van der Waals surface area contributed by atoms with E-state index in [0.29, 0.717) is 44.8 Å². The van der Waals surface area contributed by atoms with Crippen molar-refractivity contribution in [1.82, 2.24) is 0 Å². The molecule has 98 valence electrons. The zero-order valence-electron chi connectivity index (χ0n) is 10.6. The van der Waals surface area contributed by atoms with Crippen LogP contribution in [0.15, 0.2) is 0 Å². The molecule has 1 fully saturated rings. The fraction of sp³-hybridized carbons (Fsp3) is 0.846. The normalized spacial score (nSPS) is 25.6. The maximum absolute atomic E-state index is 11.3. The van der Waals surface area contributed by atoms with E-state index in [4.69, 9.17) is 9.47 Å². The number of carbonyl (C=O) groups is 2. The Morgan fingerprint density at radius 2 is 1.47 bits per heavy atom. The Balaban J connectivity index is 2.33. The Morgan fingerprint density at radius 3 is 2.12 bits per heavy atom. The summed E-state index contributed by atoms with van der Waals surface area (Å²) >= 11 is 0. The van der Waals surface area contributed by atoms with Crippen LogP contribution in [-0.4, -0.2) is 25.2 Å². The third-order valence-electron chi connectivity index (χ3n) is 2.99. The van der Waals surface area contributed by atoms with Crippen LogP contribution < -0.4 is 0 Å². The van der Waals surface area contributed by atoms with Gasteiger partial charge in [-0.25, -0.2) is 0 Å². The molecule has 0 N–H and O–H groups in total. The average Bonchev–Trinajstić information content (AvgIpc) is 2.29. The molecule has 0 radical (unpaired) electrons. The standard InChI is InChI=1S/C13H22O4/c1-11-5-4-9-16-12(14)6-2-3-7-13(15)17-10-8-11/h11H,2-10H2,1H3. The van der Waals surface area contributed by atoms with Crippen molar-refractivity contribution in [3.05, 3.63) is 0 Å². The number of ether oxygens (including phenoxy) is 2. The highest BCUT2D eigenvalue weighted by Crippen LogP contribution is 2.12. The molecule has 1 aliphatic rings. The van der Waals surface area contributed by atoms with Gasteiger partial charge < -0.3 is 9.47 Å². The minimum absolute atomic E-state index is 0.150. The van der Waals surface area contributed by atoms with Crippen molar-refractivity contribution < 1.29 is 19.1 Å². The Bertz CT molecular complexity index is 250. The summed E-state index contributed by atoms with van der Waals surface area (Å²) in [4.78, 5) is 22.6. The number of hydrogen-bond donors (Lipinski definition) is 0. The summed E-state index contributed by atoms with van der Waals surface area (Å²) in [6.07, 6.45) is 4.99. The first-order chi connectivity index (χ1) is 8.18. The van der Waals surface area contributed by atoms with E-state index in [2.05, 4.69) is 6.92 Å². The predicted octanol–water partition coefficient (Wildman–Crippen LogP) is 2.45. The van der Waals surface area contributed by atoms with Gasteiger partial charge in [0.25, 0.3) is 0 Å². The second-order valence-corrected chi connectivity index (χ2v) is 4.68. The van der Waals surface area contributed by atoms with E-state index < -0.39 is 0 Å². The van der Waals surface area contributed by atoms with Crippen LogP contribution in [0.1, 0.15) is 51.9 Å². The van der Waals surface area contributed by atoms with Gasteiger partial charge in [-0.3, -0.25) is 9.59 Å². The highest BCUT2D eigenvalue weighted by molar-refractivity contribution is 5.70. The zero-order chi connectivity index (χ0) is 12.5. The van der Waals surface area contributed by atoms with Crippen LogP contribution in [0.5, 0.6) is 0 Å². The van der Waals surface area contributed by atoms with Crippen LogP contribution in [0.25, 0.3) is 0 Å². The molecule has 4 nitrogen and oxygen atoms in total. The molecular formula is C13H22O4. The summed E-state index contributed by atoms with van der Waals surface area (Å²) in [7, 11) is 0. The maximum Gasteiger partial charge on any atom is 0.305 e. The molecule has 0 aliphatic carbocycles.